The Labute approximate surface area is 109 Å². The van der Waals surface area contributed by atoms with E-state index in [1.165, 1.54) is 22.5 Å². The molecule has 0 aliphatic carbocycles. The van der Waals surface area contributed by atoms with Crippen LogP contribution in [0.15, 0.2) is 48.5 Å². The fourth-order valence-electron chi connectivity index (χ4n) is 1.84. The van der Waals surface area contributed by atoms with E-state index < -0.39 is 0 Å². The minimum Gasteiger partial charge on any atom is -0.383 e. The topological polar surface area (TPSA) is 24.1 Å². The van der Waals surface area contributed by atoms with Crippen LogP contribution in [-0.4, -0.2) is 13.1 Å². The molecular formula is C16H20N2. The fraction of sp³-hybridized carbons (Fsp3) is 0.250. The predicted molar refractivity (Wildman–Crippen MR) is 79.3 cm³/mol. The molecule has 0 aliphatic heterocycles. The van der Waals surface area contributed by atoms with Gasteiger partial charge in [-0.05, 0) is 43.7 Å². The first-order valence-corrected chi connectivity index (χ1v) is 6.35. The molecular weight excluding hydrogens is 220 g/mol. The minimum atomic E-state index is 0.914. The van der Waals surface area contributed by atoms with E-state index in [1.54, 1.807) is 0 Å². The zero-order chi connectivity index (χ0) is 12.8. The number of nitrogens with one attached hydrogen (secondary N) is 2. The summed E-state index contributed by atoms with van der Waals surface area (Å²) < 4.78 is 0. The summed E-state index contributed by atoms with van der Waals surface area (Å²) >= 11 is 0. The molecule has 0 fully saturated rings. The van der Waals surface area contributed by atoms with Gasteiger partial charge < -0.3 is 10.6 Å². The van der Waals surface area contributed by atoms with E-state index in [-0.39, 0.29) is 0 Å². The van der Waals surface area contributed by atoms with Crippen molar-refractivity contribution in [3.8, 4) is 0 Å². The first-order valence-electron chi connectivity index (χ1n) is 6.35. The molecule has 0 bridgehead atoms. The average molecular weight is 240 g/mol. The van der Waals surface area contributed by atoms with Crippen molar-refractivity contribution >= 4 is 11.4 Å². The molecule has 2 rings (SSSR count). The van der Waals surface area contributed by atoms with Crippen molar-refractivity contribution in [3.63, 3.8) is 0 Å². The predicted octanol–water partition coefficient (Wildman–Crippen LogP) is 3.83. The summed E-state index contributed by atoms with van der Waals surface area (Å²) in [6, 6.07) is 16.9. The molecule has 18 heavy (non-hydrogen) atoms. The maximum Gasteiger partial charge on any atom is 0.0343 e. The van der Waals surface area contributed by atoms with E-state index in [4.69, 9.17) is 0 Å². The molecule has 0 amide bonds. The smallest absolute Gasteiger partial charge is 0.0343 e. The first-order chi connectivity index (χ1) is 8.74. The van der Waals surface area contributed by atoms with Crippen molar-refractivity contribution in [2.75, 3.05) is 23.7 Å². The lowest BCUT2D eigenvalue weighted by Gasteiger charge is -2.09. The minimum absolute atomic E-state index is 0.914. The molecule has 94 valence electrons. The van der Waals surface area contributed by atoms with Crippen molar-refractivity contribution < 1.29 is 0 Å². The third-order valence-corrected chi connectivity index (χ3v) is 2.85. The normalized spacial score (nSPS) is 10.1. The van der Waals surface area contributed by atoms with Crippen LogP contribution in [-0.2, 0) is 0 Å². The largest absolute Gasteiger partial charge is 0.383 e. The van der Waals surface area contributed by atoms with Gasteiger partial charge in [0.25, 0.3) is 0 Å². The molecule has 0 aliphatic rings. The van der Waals surface area contributed by atoms with Gasteiger partial charge in [-0.1, -0.05) is 29.8 Å². The number of rotatable bonds is 5. The van der Waals surface area contributed by atoms with Crippen LogP contribution in [0.3, 0.4) is 0 Å². The van der Waals surface area contributed by atoms with Gasteiger partial charge in [-0.25, -0.2) is 0 Å². The average Bonchev–Trinajstić information content (AvgIpc) is 2.37. The highest BCUT2D eigenvalue weighted by Gasteiger charge is 1.93. The van der Waals surface area contributed by atoms with E-state index in [1.807, 2.05) is 0 Å². The van der Waals surface area contributed by atoms with Crippen LogP contribution in [0.4, 0.5) is 11.4 Å². The number of benzene rings is 2. The van der Waals surface area contributed by atoms with Crippen molar-refractivity contribution in [2.24, 2.45) is 0 Å². The summed E-state index contributed by atoms with van der Waals surface area (Å²) in [5, 5.41) is 6.80. The highest BCUT2D eigenvalue weighted by molar-refractivity contribution is 5.47. The van der Waals surface area contributed by atoms with Gasteiger partial charge in [0.1, 0.15) is 0 Å². The Morgan fingerprint density at radius 1 is 0.722 bits per heavy atom. The lowest BCUT2D eigenvalue weighted by molar-refractivity contribution is 1.08. The second-order valence-electron chi connectivity index (χ2n) is 4.59. The number of aryl methyl sites for hydroxylation is 2. The van der Waals surface area contributed by atoms with Gasteiger partial charge >= 0.3 is 0 Å². The monoisotopic (exact) mass is 240 g/mol. The lowest BCUT2D eigenvalue weighted by Crippen LogP contribution is -2.13. The van der Waals surface area contributed by atoms with E-state index >= 15 is 0 Å². The molecule has 2 aromatic carbocycles. The molecule has 0 radical (unpaired) electrons. The Bertz CT molecular complexity index is 489. The molecule has 2 heteroatoms. The van der Waals surface area contributed by atoms with Gasteiger partial charge in [-0.3, -0.25) is 0 Å². The molecule has 0 heterocycles. The lowest BCUT2D eigenvalue weighted by atomic mass is 10.2. The fourth-order valence-corrected chi connectivity index (χ4v) is 1.84. The molecule has 0 spiro atoms. The maximum absolute atomic E-state index is 3.40. The van der Waals surface area contributed by atoms with Crippen LogP contribution >= 0.6 is 0 Å². The molecule has 0 aromatic heterocycles. The second kappa shape index (κ2) is 6.10. The van der Waals surface area contributed by atoms with E-state index in [9.17, 15) is 0 Å². The number of hydrogen-bond acceptors (Lipinski definition) is 2. The van der Waals surface area contributed by atoms with Crippen molar-refractivity contribution in [3.05, 3.63) is 59.7 Å². The third-order valence-electron chi connectivity index (χ3n) is 2.85. The van der Waals surface area contributed by atoms with E-state index in [0.29, 0.717) is 0 Å². The number of hydrogen-bond donors (Lipinski definition) is 2. The summed E-state index contributed by atoms with van der Waals surface area (Å²) in [4.78, 5) is 0. The van der Waals surface area contributed by atoms with Gasteiger partial charge in [0.05, 0.1) is 0 Å². The molecule has 2 N–H and O–H groups in total. The molecule has 2 aromatic rings. The Hall–Kier alpha value is -1.96. The molecule has 0 saturated heterocycles. The van der Waals surface area contributed by atoms with Crippen LogP contribution in [0.25, 0.3) is 0 Å². The Morgan fingerprint density at radius 3 is 2.06 bits per heavy atom. The van der Waals surface area contributed by atoms with Crippen LogP contribution in [0.2, 0.25) is 0 Å². The summed E-state index contributed by atoms with van der Waals surface area (Å²) in [5.74, 6) is 0. The van der Waals surface area contributed by atoms with Crippen molar-refractivity contribution in [1.29, 1.82) is 0 Å². The van der Waals surface area contributed by atoms with Crippen molar-refractivity contribution in [1.82, 2.24) is 0 Å². The highest BCUT2D eigenvalue weighted by atomic mass is 14.9. The van der Waals surface area contributed by atoms with Gasteiger partial charge in [0, 0.05) is 24.5 Å². The van der Waals surface area contributed by atoms with Crippen molar-refractivity contribution in [2.45, 2.75) is 13.8 Å². The van der Waals surface area contributed by atoms with E-state index in [2.05, 4.69) is 73.0 Å². The Morgan fingerprint density at radius 2 is 1.39 bits per heavy atom. The molecule has 0 atom stereocenters. The second-order valence-corrected chi connectivity index (χ2v) is 4.59. The van der Waals surface area contributed by atoms with Crippen LogP contribution in [0, 0.1) is 13.8 Å². The molecule has 0 saturated carbocycles. The van der Waals surface area contributed by atoms with Gasteiger partial charge in [-0.2, -0.15) is 0 Å². The first kappa shape index (κ1) is 12.5. The third kappa shape index (κ3) is 3.81. The zero-order valence-electron chi connectivity index (χ0n) is 11.0. The molecule has 0 unspecified atom stereocenters. The van der Waals surface area contributed by atoms with Crippen LogP contribution in [0.5, 0.6) is 0 Å². The Kier molecular flexibility index (Phi) is 4.24. The summed E-state index contributed by atoms with van der Waals surface area (Å²) in [7, 11) is 0. The van der Waals surface area contributed by atoms with Gasteiger partial charge in [0.2, 0.25) is 0 Å². The SMILES string of the molecule is Cc1ccc(NCCNc2cccc(C)c2)cc1. The Balaban J connectivity index is 1.74. The highest BCUT2D eigenvalue weighted by Crippen LogP contribution is 2.10. The van der Waals surface area contributed by atoms with Crippen LogP contribution < -0.4 is 10.6 Å². The summed E-state index contributed by atoms with van der Waals surface area (Å²) in [6.45, 7) is 6.03. The van der Waals surface area contributed by atoms with Gasteiger partial charge in [0.15, 0.2) is 0 Å². The van der Waals surface area contributed by atoms with Gasteiger partial charge in [-0.15, -0.1) is 0 Å². The summed E-state index contributed by atoms with van der Waals surface area (Å²) in [6.07, 6.45) is 0. The van der Waals surface area contributed by atoms with E-state index in [0.717, 1.165) is 13.1 Å². The number of anilines is 2. The standard InChI is InChI=1S/C16H20N2/c1-13-6-8-15(9-7-13)17-10-11-18-16-5-3-4-14(2)12-16/h3-9,12,17-18H,10-11H2,1-2H3. The maximum atomic E-state index is 3.40. The van der Waals surface area contributed by atoms with Crippen LogP contribution in [0.1, 0.15) is 11.1 Å². The quantitative estimate of drug-likeness (QED) is 0.776. The summed E-state index contributed by atoms with van der Waals surface area (Å²) in [5.41, 5.74) is 4.93. The molecule has 2 nitrogen and oxygen atoms in total. The zero-order valence-corrected chi connectivity index (χ0v) is 11.0.